The zero-order valence-electron chi connectivity index (χ0n) is 9.02. The predicted molar refractivity (Wildman–Crippen MR) is 61.5 cm³/mol. The lowest BCUT2D eigenvalue weighted by atomic mass is 10.3. The van der Waals surface area contributed by atoms with E-state index < -0.39 is 26.5 Å². The highest BCUT2D eigenvalue weighted by Crippen LogP contribution is 2.26. The van der Waals surface area contributed by atoms with Crippen molar-refractivity contribution in [2.24, 2.45) is 0 Å². The molecule has 0 aliphatic carbocycles. The third-order valence-corrected chi connectivity index (χ3v) is 3.49. The Morgan fingerprint density at radius 1 is 1.35 bits per heavy atom. The van der Waals surface area contributed by atoms with Crippen LogP contribution in [0.1, 0.15) is 6.92 Å². The molecule has 3 nitrogen and oxygen atoms in total. The molecule has 1 N–H and O–H groups in total. The summed E-state index contributed by atoms with van der Waals surface area (Å²) >= 11 is 0. The quantitative estimate of drug-likeness (QED) is 0.842. The third-order valence-electron chi connectivity index (χ3n) is 2.05. The van der Waals surface area contributed by atoms with Gasteiger partial charge in [-0.3, -0.25) is 0 Å². The van der Waals surface area contributed by atoms with Crippen molar-refractivity contribution in [2.45, 2.75) is 23.6 Å². The van der Waals surface area contributed by atoms with E-state index in [4.69, 9.17) is 6.42 Å². The number of sulfone groups is 1. The van der Waals surface area contributed by atoms with Crippen molar-refractivity contribution in [3.05, 3.63) is 24.3 Å². The first-order chi connectivity index (χ1) is 7.89. The fraction of sp³-hybridized carbons (Fsp3) is 0.273. The molecule has 0 spiro atoms. The van der Waals surface area contributed by atoms with E-state index in [1.807, 2.05) is 0 Å². The van der Waals surface area contributed by atoms with Crippen molar-refractivity contribution < 1.29 is 17.2 Å². The van der Waals surface area contributed by atoms with E-state index in [9.17, 15) is 17.2 Å². The third kappa shape index (κ3) is 2.94. The van der Waals surface area contributed by atoms with E-state index in [0.29, 0.717) is 0 Å². The number of rotatable bonds is 4. The second-order valence-electron chi connectivity index (χ2n) is 3.33. The van der Waals surface area contributed by atoms with Gasteiger partial charge in [-0.05, 0) is 19.1 Å². The van der Waals surface area contributed by atoms with Gasteiger partial charge < -0.3 is 5.32 Å². The van der Waals surface area contributed by atoms with Gasteiger partial charge in [0.25, 0.3) is 0 Å². The molecule has 0 aliphatic rings. The van der Waals surface area contributed by atoms with E-state index >= 15 is 0 Å². The van der Waals surface area contributed by atoms with E-state index in [-0.39, 0.29) is 5.69 Å². The van der Waals surface area contributed by atoms with Gasteiger partial charge >= 0.3 is 5.76 Å². The average Bonchev–Trinajstić information content (AvgIpc) is 2.29. The summed E-state index contributed by atoms with van der Waals surface area (Å²) < 4.78 is 47.6. The Bertz CT molecular complexity index is 535. The second kappa shape index (κ2) is 5.15. The summed E-state index contributed by atoms with van der Waals surface area (Å²) in [5, 5.41) is 2.67. The van der Waals surface area contributed by atoms with Crippen LogP contribution in [-0.4, -0.2) is 20.2 Å². The summed E-state index contributed by atoms with van der Waals surface area (Å²) in [5.74, 6) is -1.12. The number of hydrogen-bond acceptors (Lipinski definition) is 3. The lowest BCUT2D eigenvalue weighted by Crippen LogP contribution is -2.18. The van der Waals surface area contributed by atoms with Crippen LogP contribution in [0.5, 0.6) is 0 Å². The number of alkyl halides is 2. The molecule has 1 atom stereocenters. The molecule has 0 radical (unpaired) electrons. The lowest BCUT2D eigenvalue weighted by molar-refractivity contribution is 0.235. The fourth-order valence-corrected chi connectivity index (χ4v) is 2.10. The van der Waals surface area contributed by atoms with Crippen LogP contribution in [0.25, 0.3) is 0 Å². The van der Waals surface area contributed by atoms with Gasteiger partial charge in [0.2, 0.25) is 9.84 Å². The number of hydrogen-bond donors (Lipinski definition) is 1. The number of halogens is 2. The highest BCUT2D eigenvalue weighted by molar-refractivity contribution is 7.91. The first kappa shape index (κ1) is 13.5. The van der Waals surface area contributed by atoms with Gasteiger partial charge in [-0.15, -0.1) is 6.42 Å². The summed E-state index contributed by atoms with van der Waals surface area (Å²) in [6.45, 7) is 1.62. The average molecular weight is 259 g/mol. The van der Waals surface area contributed by atoms with E-state index in [2.05, 4.69) is 11.2 Å². The number of nitrogens with one attached hydrogen (secondary N) is 1. The van der Waals surface area contributed by atoms with Gasteiger partial charge in [0.15, 0.2) is 0 Å². The van der Waals surface area contributed by atoms with Crippen molar-refractivity contribution in [1.82, 2.24) is 0 Å². The molecule has 1 rings (SSSR count). The molecule has 0 amide bonds. The van der Waals surface area contributed by atoms with E-state index in [1.54, 1.807) is 6.92 Å². The topological polar surface area (TPSA) is 46.2 Å². The molecule has 17 heavy (non-hydrogen) atoms. The molecule has 92 valence electrons. The number of benzene rings is 1. The normalized spacial score (nSPS) is 13.1. The predicted octanol–water partition coefficient (Wildman–Crippen LogP) is 2.12. The minimum absolute atomic E-state index is 0.0817. The first-order valence-corrected chi connectivity index (χ1v) is 6.28. The maximum Gasteiger partial charge on any atom is 0.341 e. The van der Waals surface area contributed by atoms with Crippen molar-refractivity contribution in [1.29, 1.82) is 0 Å². The van der Waals surface area contributed by atoms with Crippen molar-refractivity contribution >= 4 is 15.5 Å². The monoisotopic (exact) mass is 259 g/mol. The number of anilines is 1. The summed E-state index contributed by atoms with van der Waals surface area (Å²) in [7, 11) is -4.63. The fourth-order valence-electron chi connectivity index (χ4n) is 1.20. The van der Waals surface area contributed by atoms with Gasteiger partial charge in [-0.25, -0.2) is 8.42 Å². The molecule has 0 aliphatic heterocycles. The molecule has 1 aromatic rings. The van der Waals surface area contributed by atoms with Crippen LogP contribution in [0.2, 0.25) is 0 Å². The molecule has 1 aromatic carbocycles. The van der Waals surface area contributed by atoms with Gasteiger partial charge in [0.05, 0.1) is 16.6 Å². The minimum Gasteiger partial charge on any atom is -0.371 e. The van der Waals surface area contributed by atoms with Gasteiger partial charge in [-0.1, -0.05) is 18.1 Å². The van der Waals surface area contributed by atoms with E-state index in [1.165, 1.54) is 18.2 Å². The van der Waals surface area contributed by atoms with Crippen LogP contribution in [0.4, 0.5) is 14.5 Å². The lowest BCUT2D eigenvalue weighted by Gasteiger charge is -2.13. The van der Waals surface area contributed by atoms with Gasteiger partial charge in [0.1, 0.15) is 0 Å². The van der Waals surface area contributed by atoms with Gasteiger partial charge in [0, 0.05) is 0 Å². The Balaban J connectivity index is 3.23. The van der Waals surface area contributed by atoms with Crippen molar-refractivity contribution in [3.63, 3.8) is 0 Å². The van der Waals surface area contributed by atoms with Gasteiger partial charge in [-0.2, -0.15) is 8.78 Å². The Morgan fingerprint density at radius 2 is 1.94 bits per heavy atom. The zero-order chi connectivity index (χ0) is 13.1. The Morgan fingerprint density at radius 3 is 2.47 bits per heavy atom. The SMILES string of the molecule is C#CC(C)Nc1ccccc1S(=O)(=O)C(F)F. The number of para-hydroxylation sites is 1. The molecule has 0 bridgehead atoms. The first-order valence-electron chi connectivity index (χ1n) is 4.73. The molecule has 0 fully saturated rings. The smallest absolute Gasteiger partial charge is 0.341 e. The minimum atomic E-state index is -4.63. The highest BCUT2D eigenvalue weighted by Gasteiger charge is 2.29. The van der Waals surface area contributed by atoms with Crippen LogP contribution >= 0.6 is 0 Å². The maximum atomic E-state index is 12.4. The Kier molecular flexibility index (Phi) is 4.07. The summed E-state index contributed by atoms with van der Waals surface area (Å²) in [6.07, 6.45) is 5.13. The summed E-state index contributed by atoms with van der Waals surface area (Å²) in [6, 6.07) is 4.97. The highest BCUT2D eigenvalue weighted by atomic mass is 32.2. The molecule has 0 aromatic heterocycles. The molecular formula is C11H11F2NO2S. The van der Waals surface area contributed by atoms with Crippen LogP contribution in [0.15, 0.2) is 29.2 Å². The standard InChI is InChI=1S/C11H11F2NO2S/c1-3-8(2)14-9-6-4-5-7-10(9)17(15,16)11(12)13/h1,4-8,11,14H,2H3. The van der Waals surface area contributed by atoms with Crippen molar-refractivity contribution in [3.8, 4) is 12.3 Å². The molecule has 0 saturated heterocycles. The molecular weight excluding hydrogens is 248 g/mol. The Labute approximate surface area is 98.8 Å². The van der Waals surface area contributed by atoms with Crippen molar-refractivity contribution in [2.75, 3.05) is 5.32 Å². The molecule has 0 saturated carbocycles. The summed E-state index contributed by atoms with van der Waals surface area (Å²) in [4.78, 5) is -0.447. The Hall–Kier alpha value is -1.61. The second-order valence-corrected chi connectivity index (χ2v) is 5.22. The maximum absolute atomic E-state index is 12.4. The molecule has 0 heterocycles. The molecule has 1 unspecified atom stereocenters. The van der Waals surface area contributed by atoms with Crippen LogP contribution in [0.3, 0.4) is 0 Å². The van der Waals surface area contributed by atoms with Crippen LogP contribution in [-0.2, 0) is 9.84 Å². The number of terminal acetylenes is 1. The summed E-state index contributed by atoms with van der Waals surface area (Å²) in [5.41, 5.74) is 0.0817. The van der Waals surface area contributed by atoms with Crippen LogP contribution in [0, 0.1) is 12.3 Å². The van der Waals surface area contributed by atoms with E-state index in [0.717, 1.165) is 6.07 Å². The van der Waals surface area contributed by atoms with Crippen LogP contribution < -0.4 is 5.32 Å². The largest absolute Gasteiger partial charge is 0.371 e. The molecule has 6 heteroatoms. The zero-order valence-corrected chi connectivity index (χ0v) is 9.84.